The lowest BCUT2D eigenvalue weighted by Crippen LogP contribution is -2.38. The Morgan fingerprint density at radius 1 is 1.12 bits per heavy atom. The Morgan fingerprint density at radius 3 is 2.46 bits per heavy atom. The number of hydrogen-bond acceptors (Lipinski definition) is 5. The highest BCUT2D eigenvalue weighted by atomic mass is 127. The van der Waals surface area contributed by atoms with Crippen LogP contribution in [-0.4, -0.2) is 35.6 Å². The van der Waals surface area contributed by atoms with Crippen LogP contribution in [-0.2, 0) is 18.3 Å². The van der Waals surface area contributed by atoms with Gasteiger partial charge in [-0.05, 0) is 13.8 Å². The lowest BCUT2D eigenvalue weighted by molar-refractivity contribution is 0.571. The van der Waals surface area contributed by atoms with Crippen LogP contribution in [0.5, 0.6) is 0 Å². The second-order valence-electron chi connectivity index (χ2n) is 6.92. The van der Waals surface area contributed by atoms with Crippen molar-refractivity contribution in [3.63, 3.8) is 0 Å². The van der Waals surface area contributed by atoms with E-state index in [9.17, 15) is 0 Å². The third-order valence-corrected chi connectivity index (χ3v) is 5.33. The predicted molar refractivity (Wildman–Crippen MR) is 124 cm³/mol. The van der Waals surface area contributed by atoms with Crippen molar-refractivity contribution < 1.29 is 0 Å². The fourth-order valence-electron chi connectivity index (χ4n) is 2.21. The van der Waals surface area contributed by atoms with E-state index < -0.39 is 0 Å². The van der Waals surface area contributed by atoms with Crippen LogP contribution in [0.1, 0.15) is 49.1 Å². The van der Waals surface area contributed by atoms with E-state index >= 15 is 0 Å². The van der Waals surface area contributed by atoms with Crippen molar-refractivity contribution in [2.75, 3.05) is 19.6 Å². The summed E-state index contributed by atoms with van der Waals surface area (Å²) < 4.78 is 0. The van der Waals surface area contributed by atoms with Gasteiger partial charge in [0.05, 0.1) is 21.4 Å². The molecule has 2 heterocycles. The minimum atomic E-state index is 0. The van der Waals surface area contributed by atoms with Crippen molar-refractivity contribution in [1.29, 1.82) is 0 Å². The second-order valence-corrected chi connectivity index (χ2v) is 8.93. The Morgan fingerprint density at radius 2 is 1.88 bits per heavy atom. The summed E-state index contributed by atoms with van der Waals surface area (Å²) in [6.45, 7) is 13.1. The highest BCUT2D eigenvalue weighted by Gasteiger charge is 2.17. The first-order valence-corrected chi connectivity index (χ1v) is 10.5. The van der Waals surface area contributed by atoms with E-state index in [1.54, 1.807) is 22.7 Å². The van der Waals surface area contributed by atoms with Crippen LogP contribution >= 0.6 is 46.7 Å². The first kappa shape index (κ1) is 23.3. The molecule has 0 aliphatic heterocycles. The summed E-state index contributed by atoms with van der Waals surface area (Å²) in [6.07, 6.45) is 1.79. The van der Waals surface area contributed by atoms with Crippen molar-refractivity contribution in [3.8, 4) is 0 Å². The number of halogens is 1. The van der Waals surface area contributed by atoms with E-state index in [-0.39, 0.29) is 29.4 Å². The van der Waals surface area contributed by atoms with Crippen LogP contribution in [0.2, 0.25) is 0 Å². The Balaban J connectivity index is 0.00000338. The summed E-state index contributed by atoms with van der Waals surface area (Å²) in [5, 5.41) is 13.2. The summed E-state index contributed by atoms with van der Waals surface area (Å²) in [4.78, 5) is 13.9. The molecule has 0 aliphatic carbocycles. The molecule has 0 spiro atoms. The highest BCUT2D eigenvalue weighted by Crippen LogP contribution is 2.23. The standard InChI is InChI=1S/C18H29N5S2.HI/c1-6-19-17(20-9-7-14-11-24-13(2)22-14)21-10-8-16-23-15(12-25-16)18(3,4)5;/h11-12H,6-10H2,1-5H3,(H2,19,20,21);1H. The molecule has 146 valence electrons. The second kappa shape index (κ2) is 11.2. The quantitative estimate of drug-likeness (QED) is 0.336. The molecule has 26 heavy (non-hydrogen) atoms. The molecule has 0 saturated carbocycles. The average molecular weight is 508 g/mol. The predicted octanol–water partition coefficient (Wildman–Crippen LogP) is 4.16. The number of aromatic nitrogens is 2. The van der Waals surface area contributed by atoms with Crippen LogP contribution in [0, 0.1) is 6.92 Å². The number of rotatable bonds is 7. The first-order valence-electron chi connectivity index (χ1n) is 8.76. The van der Waals surface area contributed by atoms with Crippen LogP contribution < -0.4 is 10.6 Å². The van der Waals surface area contributed by atoms with E-state index in [2.05, 4.69) is 59.1 Å². The van der Waals surface area contributed by atoms with Gasteiger partial charge in [0.1, 0.15) is 0 Å². The zero-order valence-electron chi connectivity index (χ0n) is 16.3. The normalized spacial score (nSPS) is 12.0. The van der Waals surface area contributed by atoms with Crippen LogP contribution in [0.3, 0.4) is 0 Å². The molecule has 5 nitrogen and oxygen atoms in total. The largest absolute Gasteiger partial charge is 0.357 e. The molecule has 0 saturated heterocycles. The van der Waals surface area contributed by atoms with Gasteiger partial charge in [-0.25, -0.2) is 9.97 Å². The molecule has 0 aromatic carbocycles. The number of thiazole rings is 2. The molecule has 0 amide bonds. The SMILES string of the molecule is CCNC(=NCCc1nc(C(C)(C)C)cs1)NCCc1csc(C)n1.I. The first-order chi connectivity index (χ1) is 11.9. The highest BCUT2D eigenvalue weighted by molar-refractivity contribution is 14.0. The van der Waals surface area contributed by atoms with Gasteiger partial charge in [-0.2, -0.15) is 0 Å². The van der Waals surface area contributed by atoms with Crippen LogP contribution in [0.25, 0.3) is 0 Å². The van der Waals surface area contributed by atoms with Crippen molar-refractivity contribution in [2.24, 2.45) is 4.99 Å². The van der Waals surface area contributed by atoms with E-state index in [1.165, 1.54) is 5.69 Å². The fraction of sp³-hybridized carbons (Fsp3) is 0.611. The number of guanidine groups is 1. The molecule has 0 radical (unpaired) electrons. The average Bonchev–Trinajstić information content (AvgIpc) is 3.16. The van der Waals surface area contributed by atoms with Crippen LogP contribution in [0.4, 0.5) is 0 Å². The van der Waals surface area contributed by atoms with E-state index in [0.29, 0.717) is 0 Å². The number of aliphatic imine (C=N–C) groups is 1. The van der Waals surface area contributed by atoms with E-state index in [0.717, 1.165) is 54.1 Å². The Hall–Kier alpha value is -0.740. The van der Waals surface area contributed by atoms with Gasteiger partial charge in [-0.3, -0.25) is 4.99 Å². The van der Waals surface area contributed by atoms with Crippen molar-refractivity contribution in [2.45, 2.75) is 52.9 Å². The number of nitrogens with one attached hydrogen (secondary N) is 2. The molecule has 0 fully saturated rings. The molecular formula is C18H30IN5S2. The molecule has 2 aromatic heterocycles. The molecule has 2 aromatic rings. The zero-order valence-corrected chi connectivity index (χ0v) is 20.2. The monoisotopic (exact) mass is 507 g/mol. The molecule has 2 N–H and O–H groups in total. The maximum atomic E-state index is 4.73. The third kappa shape index (κ3) is 7.87. The van der Waals surface area contributed by atoms with Gasteiger partial charge in [-0.15, -0.1) is 46.7 Å². The minimum Gasteiger partial charge on any atom is -0.357 e. The zero-order chi connectivity index (χ0) is 18.3. The Labute approximate surface area is 182 Å². The van der Waals surface area contributed by atoms with Gasteiger partial charge < -0.3 is 10.6 Å². The molecule has 8 heteroatoms. The third-order valence-electron chi connectivity index (χ3n) is 3.60. The van der Waals surface area contributed by atoms with Crippen molar-refractivity contribution in [1.82, 2.24) is 20.6 Å². The summed E-state index contributed by atoms with van der Waals surface area (Å²) in [5.41, 5.74) is 2.42. The minimum absolute atomic E-state index is 0. The lowest BCUT2D eigenvalue weighted by atomic mass is 9.93. The molecule has 0 aliphatic rings. The summed E-state index contributed by atoms with van der Waals surface area (Å²) in [6, 6.07) is 0. The molecule has 0 unspecified atom stereocenters. The Bertz CT molecular complexity index is 688. The summed E-state index contributed by atoms with van der Waals surface area (Å²) >= 11 is 3.43. The summed E-state index contributed by atoms with van der Waals surface area (Å²) in [7, 11) is 0. The molecule has 0 bridgehead atoms. The van der Waals surface area contributed by atoms with E-state index in [4.69, 9.17) is 4.98 Å². The summed E-state index contributed by atoms with van der Waals surface area (Å²) in [5.74, 6) is 0.863. The fourth-order valence-corrected chi connectivity index (χ4v) is 3.87. The van der Waals surface area contributed by atoms with Gasteiger partial charge in [0.2, 0.25) is 0 Å². The van der Waals surface area contributed by atoms with Gasteiger partial charge in [0.15, 0.2) is 5.96 Å². The maximum Gasteiger partial charge on any atom is 0.191 e. The molecular weight excluding hydrogens is 477 g/mol. The van der Waals surface area contributed by atoms with E-state index in [1.807, 2.05) is 6.92 Å². The smallest absolute Gasteiger partial charge is 0.191 e. The van der Waals surface area contributed by atoms with Crippen molar-refractivity contribution in [3.05, 3.63) is 32.2 Å². The van der Waals surface area contributed by atoms with Crippen molar-refractivity contribution >= 4 is 52.6 Å². The van der Waals surface area contributed by atoms with Gasteiger partial charge in [0.25, 0.3) is 0 Å². The number of nitrogens with zero attached hydrogens (tertiary/aromatic N) is 3. The van der Waals surface area contributed by atoms with Crippen LogP contribution in [0.15, 0.2) is 15.8 Å². The molecule has 2 rings (SSSR count). The van der Waals surface area contributed by atoms with Gasteiger partial charge >= 0.3 is 0 Å². The lowest BCUT2D eigenvalue weighted by Gasteiger charge is -2.14. The number of hydrogen-bond donors (Lipinski definition) is 2. The molecule has 0 atom stereocenters. The van der Waals surface area contributed by atoms with Gasteiger partial charge in [-0.1, -0.05) is 20.8 Å². The topological polar surface area (TPSA) is 62.2 Å². The maximum absolute atomic E-state index is 4.73. The number of aryl methyl sites for hydroxylation is 1. The Kier molecular flexibility index (Phi) is 10.0. The van der Waals surface area contributed by atoms with Gasteiger partial charge in [0, 0.05) is 48.7 Å².